The molecule has 0 spiro atoms. The Morgan fingerprint density at radius 2 is 2.22 bits per heavy atom. The summed E-state index contributed by atoms with van der Waals surface area (Å²) in [6, 6.07) is 3.85. The molecule has 3 N–H and O–H groups in total. The Bertz CT molecular complexity index is 520. The zero-order valence-corrected chi connectivity index (χ0v) is 10.5. The van der Waals surface area contributed by atoms with Gasteiger partial charge in [-0.2, -0.15) is 0 Å². The molecule has 96 valence electrons. The molecule has 0 unspecified atom stereocenters. The molecular weight excluding hydrogens is 228 g/mol. The Morgan fingerprint density at radius 1 is 1.39 bits per heavy atom. The second kappa shape index (κ2) is 6.05. The fraction of sp³-hybridized carbons (Fsp3) is 0.385. The van der Waals surface area contributed by atoms with Gasteiger partial charge in [0.2, 0.25) is 0 Å². The molecule has 2 aromatic rings. The number of carbonyl (C=O) groups excluding carboxylic acids is 1. The predicted octanol–water partition coefficient (Wildman–Crippen LogP) is 1.81. The van der Waals surface area contributed by atoms with Crippen LogP contribution in [-0.2, 0) is 6.42 Å². The smallest absolute Gasteiger partial charge is 0.314 e. The first kappa shape index (κ1) is 12.4. The van der Waals surface area contributed by atoms with Crippen LogP contribution in [0.2, 0.25) is 0 Å². The number of rotatable bonds is 5. The van der Waals surface area contributed by atoms with Gasteiger partial charge in [0.05, 0.1) is 0 Å². The summed E-state index contributed by atoms with van der Waals surface area (Å²) in [7, 11) is 0. The zero-order valence-electron chi connectivity index (χ0n) is 10.5. The molecule has 0 fully saturated rings. The molecule has 18 heavy (non-hydrogen) atoms. The number of urea groups is 1. The number of carbonyl (C=O) groups is 1. The van der Waals surface area contributed by atoms with Crippen LogP contribution in [0.3, 0.4) is 0 Å². The molecule has 0 aliphatic rings. The van der Waals surface area contributed by atoms with Gasteiger partial charge >= 0.3 is 6.03 Å². The highest BCUT2D eigenvalue weighted by Gasteiger charge is 2.04. The van der Waals surface area contributed by atoms with Crippen LogP contribution >= 0.6 is 0 Å². The summed E-state index contributed by atoms with van der Waals surface area (Å²) in [6.45, 7) is 3.36. The minimum atomic E-state index is -0.102. The average molecular weight is 246 g/mol. The van der Waals surface area contributed by atoms with E-state index in [2.05, 4.69) is 20.6 Å². The number of fused-ring (bicyclic) bond motifs is 1. The standard InChI is InChI=1S/C13H18N4O/c1-2-6-15-13(18)16-8-5-10-9-17-12-11(10)4-3-7-14-12/h3-4,7,9H,2,5-6,8H2,1H3,(H,14,17)(H2,15,16,18). The van der Waals surface area contributed by atoms with E-state index in [1.165, 1.54) is 5.56 Å². The summed E-state index contributed by atoms with van der Waals surface area (Å²) in [6.07, 6.45) is 5.45. The number of H-pyrrole nitrogens is 1. The number of aromatic nitrogens is 2. The van der Waals surface area contributed by atoms with Crippen LogP contribution < -0.4 is 10.6 Å². The molecule has 0 saturated carbocycles. The van der Waals surface area contributed by atoms with E-state index in [9.17, 15) is 4.79 Å². The van der Waals surface area contributed by atoms with Crippen molar-refractivity contribution in [1.82, 2.24) is 20.6 Å². The van der Waals surface area contributed by atoms with Gasteiger partial charge in [-0.15, -0.1) is 0 Å². The maximum atomic E-state index is 11.4. The van der Waals surface area contributed by atoms with Crippen molar-refractivity contribution in [3.63, 3.8) is 0 Å². The highest BCUT2D eigenvalue weighted by molar-refractivity contribution is 5.79. The molecule has 5 nitrogen and oxygen atoms in total. The number of pyridine rings is 1. The van der Waals surface area contributed by atoms with Crippen LogP contribution in [-0.4, -0.2) is 29.1 Å². The van der Waals surface area contributed by atoms with Crippen molar-refractivity contribution < 1.29 is 4.79 Å². The third-order valence-electron chi connectivity index (χ3n) is 2.75. The van der Waals surface area contributed by atoms with Crippen molar-refractivity contribution in [1.29, 1.82) is 0 Å². The molecule has 2 rings (SSSR count). The second-order valence-corrected chi connectivity index (χ2v) is 4.15. The number of aromatic amines is 1. The highest BCUT2D eigenvalue weighted by atomic mass is 16.2. The van der Waals surface area contributed by atoms with Crippen LogP contribution in [0.4, 0.5) is 4.79 Å². The van der Waals surface area contributed by atoms with Crippen LogP contribution in [0.5, 0.6) is 0 Å². The molecule has 0 saturated heterocycles. The minimum Gasteiger partial charge on any atom is -0.346 e. The van der Waals surface area contributed by atoms with Crippen molar-refractivity contribution in [3.8, 4) is 0 Å². The average Bonchev–Trinajstić information content (AvgIpc) is 2.80. The van der Waals surface area contributed by atoms with Gasteiger partial charge in [0.1, 0.15) is 5.65 Å². The van der Waals surface area contributed by atoms with Gasteiger partial charge in [0.15, 0.2) is 0 Å². The van der Waals surface area contributed by atoms with Gasteiger partial charge in [-0.3, -0.25) is 0 Å². The Kier molecular flexibility index (Phi) is 4.17. The number of hydrogen-bond acceptors (Lipinski definition) is 2. The lowest BCUT2D eigenvalue weighted by Crippen LogP contribution is -2.36. The van der Waals surface area contributed by atoms with E-state index >= 15 is 0 Å². The van der Waals surface area contributed by atoms with Gasteiger partial charge < -0.3 is 15.6 Å². The second-order valence-electron chi connectivity index (χ2n) is 4.15. The van der Waals surface area contributed by atoms with Crippen molar-refractivity contribution >= 4 is 17.1 Å². The third kappa shape index (κ3) is 3.00. The van der Waals surface area contributed by atoms with E-state index in [4.69, 9.17) is 0 Å². The third-order valence-corrected chi connectivity index (χ3v) is 2.75. The molecule has 0 bridgehead atoms. The molecule has 2 aromatic heterocycles. The van der Waals surface area contributed by atoms with Gasteiger partial charge in [0.25, 0.3) is 0 Å². The molecule has 0 radical (unpaired) electrons. The lowest BCUT2D eigenvalue weighted by atomic mass is 10.1. The zero-order chi connectivity index (χ0) is 12.8. The topological polar surface area (TPSA) is 69.8 Å². The normalized spacial score (nSPS) is 10.5. The quantitative estimate of drug-likeness (QED) is 0.753. The SMILES string of the molecule is CCCNC(=O)NCCc1c[nH]c2ncccc12. The van der Waals surface area contributed by atoms with Crippen molar-refractivity contribution in [2.45, 2.75) is 19.8 Å². The molecule has 5 heteroatoms. The van der Waals surface area contributed by atoms with Gasteiger partial charge in [-0.25, -0.2) is 9.78 Å². The number of amides is 2. The molecule has 0 aromatic carbocycles. The fourth-order valence-electron chi connectivity index (χ4n) is 1.83. The number of nitrogens with zero attached hydrogens (tertiary/aromatic N) is 1. The summed E-state index contributed by atoms with van der Waals surface area (Å²) in [5.41, 5.74) is 2.07. The van der Waals surface area contributed by atoms with E-state index in [1.54, 1.807) is 6.20 Å². The van der Waals surface area contributed by atoms with Gasteiger partial charge in [-0.1, -0.05) is 6.92 Å². The largest absolute Gasteiger partial charge is 0.346 e. The lowest BCUT2D eigenvalue weighted by molar-refractivity contribution is 0.241. The monoisotopic (exact) mass is 246 g/mol. The Hall–Kier alpha value is -2.04. The summed E-state index contributed by atoms with van der Waals surface area (Å²) in [5, 5.41) is 6.73. The molecule has 2 heterocycles. The fourth-order valence-corrected chi connectivity index (χ4v) is 1.83. The van der Waals surface area contributed by atoms with Crippen LogP contribution in [0, 0.1) is 0 Å². The maximum Gasteiger partial charge on any atom is 0.314 e. The summed E-state index contributed by atoms with van der Waals surface area (Å²) < 4.78 is 0. The van der Waals surface area contributed by atoms with Crippen molar-refractivity contribution in [2.24, 2.45) is 0 Å². The Morgan fingerprint density at radius 3 is 3.06 bits per heavy atom. The van der Waals surface area contributed by atoms with Crippen LogP contribution in [0.1, 0.15) is 18.9 Å². The number of nitrogens with one attached hydrogen (secondary N) is 3. The molecular formula is C13H18N4O. The van der Waals surface area contributed by atoms with Gasteiger partial charge in [0, 0.05) is 30.9 Å². The van der Waals surface area contributed by atoms with Crippen molar-refractivity contribution in [3.05, 3.63) is 30.1 Å². The minimum absolute atomic E-state index is 0.102. The molecule has 2 amide bonds. The molecule has 0 aliphatic heterocycles. The van der Waals surface area contributed by atoms with Crippen LogP contribution in [0.25, 0.3) is 11.0 Å². The van der Waals surface area contributed by atoms with E-state index in [0.717, 1.165) is 23.9 Å². The maximum absolute atomic E-state index is 11.4. The van der Waals surface area contributed by atoms with Gasteiger partial charge in [-0.05, 0) is 30.5 Å². The number of hydrogen-bond donors (Lipinski definition) is 3. The summed E-state index contributed by atoms with van der Waals surface area (Å²) in [4.78, 5) is 18.7. The van der Waals surface area contributed by atoms with E-state index in [1.807, 2.05) is 25.3 Å². The van der Waals surface area contributed by atoms with E-state index < -0.39 is 0 Å². The van der Waals surface area contributed by atoms with Crippen molar-refractivity contribution in [2.75, 3.05) is 13.1 Å². The van der Waals surface area contributed by atoms with E-state index in [-0.39, 0.29) is 6.03 Å². The summed E-state index contributed by atoms with van der Waals surface area (Å²) >= 11 is 0. The molecule has 0 aliphatic carbocycles. The van der Waals surface area contributed by atoms with E-state index in [0.29, 0.717) is 13.1 Å². The summed E-state index contributed by atoms with van der Waals surface area (Å²) in [5.74, 6) is 0. The highest BCUT2D eigenvalue weighted by Crippen LogP contribution is 2.15. The lowest BCUT2D eigenvalue weighted by Gasteiger charge is -2.05. The predicted molar refractivity (Wildman–Crippen MR) is 71.5 cm³/mol. The molecule has 0 atom stereocenters. The first-order valence-corrected chi connectivity index (χ1v) is 6.24. The Balaban J connectivity index is 1.85. The van der Waals surface area contributed by atoms with Crippen LogP contribution in [0.15, 0.2) is 24.5 Å². The Labute approximate surface area is 106 Å². The first-order valence-electron chi connectivity index (χ1n) is 6.24. The first-order chi connectivity index (χ1) is 8.81.